The van der Waals surface area contributed by atoms with Crippen LogP contribution < -0.4 is 10.6 Å². The van der Waals surface area contributed by atoms with Gasteiger partial charge in [0.25, 0.3) is 5.91 Å². The molecule has 5 heteroatoms. The topological polar surface area (TPSA) is 41.1 Å². The van der Waals surface area contributed by atoms with E-state index in [1.165, 1.54) is 0 Å². The second-order valence-corrected chi connectivity index (χ2v) is 5.45. The number of hydrogen-bond acceptors (Lipinski definition) is 2. The van der Waals surface area contributed by atoms with Gasteiger partial charge in [0.15, 0.2) is 11.6 Å². The fourth-order valence-electron chi connectivity index (χ4n) is 1.69. The van der Waals surface area contributed by atoms with Gasteiger partial charge >= 0.3 is 0 Å². The predicted molar refractivity (Wildman–Crippen MR) is 73.4 cm³/mol. The van der Waals surface area contributed by atoms with Crippen molar-refractivity contribution < 1.29 is 13.6 Å². The minimum atomic E-state index is -1.06. The van der Waals surface area contributed by atoms with Crippen LogP contribution in [0.5, 0.6) is 0 Å². The molecule has 0 unspecified atom stereocenters. The number of halogens is 2. The number of anilines is 1. The molecule has 0 aromatic heterocycles. The third-order valence-corrected chi connectivity index (χ3v) is 3.03. The van der Waals surface area contributed by atoms with Crippen LogP contribution in [0, 0.1) is 24.0 Å². The summed E-state index contributed by atoms with van der Waals surface area (Å²) in [6.07, 6.45) is 7.21. The van der Waals surface area contributed by atoms with E-state index in [0.717, 1.165) is 25.0 Å². The van der Waals surface area contributed by atoms with Crippen molar-refractivity contribution in [1.29, 1.82) is 0 Å². The van der Waals surface area contributed by atoms with Crippen LogP contribution >= 0.6 is 0 Å². The summed E-state index contributed by atoms with van der Waals surface area (Å²) < 4.78 is 26.7. The lowest BCUT2D eigenvalue weighted by Crippen LogP contribution is -2.42. The Balaban J connectivity index is 2.31. The Morgan fingerprint density at radius 1 is 1.35 bits per heavy atom. The Kier molecular flexibility index (Phi) is 3.67. The standard InChI is InChI=1S/C15H16F2N2O/c1-4-15(2,3)19-14(20)10-7-11(16)12(17)8-13(10)18-9-5-6-9/h1,7-9,18H,5-6H2,2-3H3,(H,19,20). The fraction of sp³-hybridized carbons (Fsp3) is 0.400. The Bertz CT molecular complexity index is 586. The van der Waals surface area contributed by atoms with E-state index in [4.69, 9.17) is 6.42 Å². The summed E-state index contributed by atoms with van der Waals surface area (Å²) in [4.78, 5) is 12.2. The predicted octanol–water partition coefficient (Wildman–Crippen LogP) is 2.68. The molecule has 106 valence electrons. The minimum absolute atomic E-state index is 0.0547. The quantitative estimate of drug-likeness (QED) is 0.831. The number of terminal acetylenes is 1. The monoisotopic (exact) mass is 278 g/mol. The van der Waals surface area contributed by atoms with Gasteiger partial charge in [-0.25, -0.2) is 8.78 Å². The van der Waals surface area contributed by atoms with E-state index in [1.54, 1.807) is 13.8 Å². The summed E-state index contributed by atoms with van der Waals surface area (Å²) >= 11 is 0. The van der Waals surface area contributed by atoms with E-state index in [-0.39, 0.29) is 17.3 Å². The van der Waals surface area contributed by atoms with Crippen LogP contribution in [0.1, 0.15) is 37.0 Å². The van der Waals surface area contributed by atoms with E-state index in [0.29, 0.717) is 0 Å². The van der Waals surface area contributed by atoms with Crippen LogP contribution in [0.4, 0.5) is 14.5 Å². The molecule has 2 rings (SSSR count). The number of hydrogen-bond donors (Lipinski definition) is 2. The summed E-state index contributed by atoms with van der Waals surface area (Å²) in [5.41, 5.74) is -0.519. The van der Waals surface area contributed by atoms with Crippen molar-refractivity contribution in [2.45, 2.75) is 38.3 Å². The Hall–Kier alpha value is -2.09. The summed E-state index contributed by atoms with van der Waals surface area (Å²) in [5, 5.41) is 5.62. The number of rotatable bonds is 4. The first-order valence-electron chi connectivity index (χ1n) is 6.38. The molecule has 1 saturated carbocycles. The smallest absolute Gasteiger partial charge is 0.254 e. The van der Waals surface area contributed by atoms with Crippen molar-refractivity contribution in [2.75, 3.05) is 5.32 Å². The molecule has 0 bridgehead atoms. The molecule has 3 nitrogen and oxygen atoms in total. The lowest BCUT2D eigenvalue weighted by atomic mass is 10.1. The van der Waals surface area contributed by atoms with Crippen LogP contribution in [0.2, 0.25) is 0 Å². The molecular weight excluding hydrogens is 262 g/mol. The van der Waals surface area contributed by atoms with Crippen LogP contribution in [-0.2, 0) is 0 Å². The maximum atomic E-state index is 13.4. The molecule has 0 spiro atoms. The van der Waals surface area contributed by atoms with Gasteiger partial charge in [-0.2, -0.15) is 0 Å². The number of benzene rings is 1. The number of amides is 1. The summed E-state index contributed by atoms with van der Waals surface area (Å²) in [6, 6.07) is 2.11. The van der Waals surface area contributed by atoms with Gasteiger partial charge in [0.2, 0.25) is 0 Å². The SMILES string of the molecule is C#CC(C)(C)NC(=O)c1cc(F)c(F)cc1NC1CC1. The second kappa shape index (κ2) is 5.12. The molecule has 20 heavy (non-hydrogen) atoms. The van der Waals surface area contributed by atoms with Crippen LogP contribution in [0.25, 0.3) is 0 Å². The number of carbonyl (C=O) groups excluding carboxylic acids is 1. The highest BCUT2D eigenvalue weighted by Crippen LogP contribution is 2.28. The molecule has 2 N–H and O–H groups in total. The normalized spacial score (nSPS) is 14.6. The Morgan fingerprint density at radius 2 is 1.95 bits per heavy atom. The van der Waals surface area contributed by atoms with Gasteiger partial charge in [-0.1, -0.05) is 5.92 Å². The summed E-state index contributed by atoms with van der Waals surface area (Å²) in [5.74, 6) is -0.157. The maximum Gasteiger partial charge on any atom is 0.254 e. The third kappa shape index (κ3) is 3.27. The average molecular weight is 278 g/mol. The van der Waals surface area contributed by atoms with Crippen molar-refractivity contribution in [3.8, 4) is 12.3 Å². The Morgan fingerprint density at radius 3 is 2.50 bits per heavy atom. The Labute approximate surface area is 116 Å². The number of carbonyl (C=O) groups is 1. The minimum Gasteiger partial charge on any atom is -0.382 e. The molecule has 1 fully saturated rings. The van der Waals surface area contributed by atoms with E-state index in [1.807, 2.05) is 0 Å². The third-order valence-electron chi connectivity index (χ3n) is 3.03. The van der Waals surface area contributed by atoms with E-state index < -0.39 is 23.1 Å². The second-order valence-electron chi connectivity index (χ2n) is 5.45. The molecule has 0 atom stereocenters. The summed E-state index contributed by atoms with van der Waals surface area (Å²) in [7, 11) is 0. The van der Waals surface area contributed by atoms with E-state index in [2.05, 4.69) is 16.6 Å². The van der Waals surface area contributed by atoms with Crippen molar-refractivity contribution in [2.24, 2.45) is 0 Å². The number of nitrogens with one attached hydrogen (secondary N) is 2. The van der Waals surface area contributed by atoms with Crippen LogP contribution in [0.15, 0.2) is 12.1 Å². The zero-order valence-electron chi connectivity index (χ0n) is 11.4. The van der Waals surface area contributed by atoms with Gasteiger partial charge in [-0.05, 0) is 32.8 Å². The molecule has 0 radical (unpaired) electrons. The van der Waals surface area contributed by atoms with Crippen LogP contribution in [0.3, 0.4) is 0 Å². The summed E-state index contributed by atoms with van der Waals surface area (Å²) in [6.45, 7) is 3.30. The van der Waals surface area contributed by atoms with Crippen molar-refractivity contribution in [3.63, 3.8) is 0 Å². The highest BCUT2D eigenvalue weighted by molar-refractivity contribution is 6.00. The fourth-order valence-corrected chi connectivity index (χ4v) is 1.69. The maximum absolute atomic E-state index is 13.4. The largest absolute Gasteiger partial charge is 0.382 e. The van der Waals surface area contributed by atoms with Crippen molar-refractivity contribution in [3.05, 3.63) is 29.3 Å². The van der Waals surface area contributed by atoms with Gasteiger partial charge in [-0.3, -0.25) is 4.79 Å². The molecular formula is C15H16F2N2O. The van der Waals surface area contributed by atoms with Gasteiger partial charge in [-0.15, -0.1) is 6.42 Å². The first-order chi connectivity index (χ1) is 9.32. The highest BCUT2D eigenvalue weighted by atomic mass is 19.2. The first-order valence-corrected chi connectivity index (χ1v) is 6.38. The molecule has 0 saturated heterocycles. The lowest BCUT2D eigenvalue weighted by Gasteiger charge is -2.21. The first kappa shape index (κ1) is 14.3. The molecule has 0 aliphatic heterocycles. The van der Waals surface area contributed by atoms with Gasteiger partial charge in [0.05, 0.1) is 16.8 Å². The average Bonchev–Trinajstić information content (AvgIpc) is 3.17. The molecule has 1 aliphatic rings. The van der Waals surface area contributed by atoms with Crippen LogP contribution in [-0.4, -0.2) is 17.5 Å². The van der Waals surface area contributed by atoms with Gasteiger partial charge in [0, 0.05) is 12.1 Å². The lowest BCUT2D eigenvalue weighted by molar-refractivity contribution is 0.0930. The molecule has 1 aliphatic carbocycles. The molecule has 1 aromatic carbocycles. The zero-order valence-corrected chi connectivity index (χ0v) is 11.4. The van der Waals surface area contributed by atoms with Gasteiger partial charge < -0.3 is 10.6 Å². The van der Waals surface area contributed by atoms with Gasteiger partial charge in [0.1, 0.15) is 0 Å². The van der Waals surface area contributed by atoms with E-state index in [9.17, 15) is 13.6 Å². The van der Waals surface area contributed by atoms with Crippen molar-refractivity contribution >= 4 is 11.6 Å². The zero-order chi connectivity index (χ0) is 14.9. The molecule has 1 aromatic rings. The highest BCUT2D eigenvalue weighted by Gasteiger charge is 2.26. The molecule has 0 heterocycles. The van der Waals surface area contributed by atoms with E-state index >= 15 is 0 Å². The van der Waals surface area contributed by atoms with Crippen molar-refractivity contribution in [1.82, 2.24) is 5.32 Å². The molecule has 1 amide bonds.